The van der Waals surface area contributed by atoms with E-state index in [2.05, 4.69) is 11.2 Å². The van der Waals surface area contributed by atoms with Gasteiger partial charge in [0.1, 0.15) is 5.75 Å². The van der Waals surface area contributed by atoms with E-state index in [1.54, 1.807) is 4.90 Å². The molecule has 0 unspecified atom stereocenters. The molecule has 2 amide bonds. The van der Waals surface area contributed by atoms with Crippen LogP contribution < -0.4 is 10.1 Å². The van der Waals surface area contributed by atoms with E-state index in [1.807, 2.05) is 36.1 Å². The van der Waals surface area contributed by atoms with Crippen LogP contribution in [0.4, 0.5) is 0 Å². The van der Waals surface area contributed by atoms with Gasteiger partial charge in [-0.25, -0.2) is 0 Å². The Morgan fingerprint density at radius 1 is 1.20 bits per heavy atom. The highest BCUT2D eigenvalue weighted by atomic mass is 16.5. The van der Waals surface area contributed by atoms with Gasteiger partial charge in [-0.2, -0.15) is 0 Å². The molecule has 1 fully saturated rings. The molecule has 6 heteroatoms. The van der Waals surface area contributed by atoms with Gasteiger partial charge in [0.2, 0.25) is 5.91 Å². The van der Waals surface area contributed by atoms with Crippen molar-refractivity contribution in [2.24, 2.45) is 0 Å². The van der Waals surface area contributed by atoms with Crippen molar-refractivity contribution in [3.63, 3.8) is 0 Å². The van der Waals surface area contributed by atoms with Crippen LogP contribution in [0.1, 0.15) is 12.0 Å². The normalized spacial score (nSPS) is 15.1. The van der Waals surface area contributed by atoms with Gasteiger partial charge < -0.3 is 15.0 Å². The minimum atomic E-state index is -0.0829. The molecular formula is C19H25N3O3. The molecule has 0 radical (unpaired) electrons. The van der Waals surface area contributed by atoms with Gasteiger partial charge in [0.25, 0.3) is 5.91 Å². The lowest BCUT2D eigenvalue weighted by Gasteiger charge is -2.21. The highest BCUT2D eigenvalue weighted by Crippen LogP contribution is 2.12. The number of hydrogen-bond donors (Lipinski definition) is 1. The number of amides is 2. The van der Waals surface area contributed by atoms with E-state index in [9.17, 15) is 9.59 Å². The van der Waals surface area contributed by atoms with E-state index in [4.69, 9.17) is 11.2 Å². The molecule has 1 aromatic rings. The van der Waals surface area contributed by atoms with Crippen LogP contribution in [0.3, 0.4) is 0 Å². The lowest BCUT2D eigenvalue weighted by atomic mass is 10.2. The van der Waals surface area contributed by atoms with Gasteiger partial charge in [-0.05, 0) is 25.5 Å². The maximum absolute atomic E-state index is 12.3. The first kappa shape index (κ1) is 18.8. The van der Waals surface area contributed by atoms with Crippen molar-refractivity contribution >= 4 is 11.8 Å². The van der Waals surface area contributed by atoms with Gasteiger partial charge in [-0.3, -0.25) is 14.5 Å². The zero-order valence-corrected chi connectivity index (χ0v) is 14.7. The Balaban J connectivity index is 1.75. The largest absolute Gasteiger partial charge is 0.484 e. The Morgan fingerprint density at radius 2 is 1.96 bits per heavy atom. The Morgan fingerprint density at radius 3 is 2.68 bits per heavy atom. The summed E-state index contributed by atoms with van der Waals surface area (Å²) >= 11 is 0. The van der Waals surface area contributed by atoms with E-state index in [-0.39, 0.29) is 25.0 Å². The molecule has 0 saturated carbocycles. The van der Waals surface area contributed by atoms with E-state index >= 15 is 0 Å². The summed E-state index contributed by atoms with van der Waals surface area (Å²) in [5.41, 5.74) is 1.15. The number of rotatable bonds is 6. The summed E-state index contributed by atoms with van der Waals surface area (Å²) in [7, 11) is 0. The molecule has 1 aromatic carbocycles. The molecule has 1 aliphatic rings. The topological polar surface area (TPSA) is 61.9 Å². The lowest BCUT2D eigenvalue weighted by molar-refractivity contribution is -0.133. The average molecular weight is 343 g/mol. The summed E-state index contributed by atoms with van der Waals surface area (Å²) in [5.74, 6) is 2.97. The summed E-state index contributed by atoms with van der Waals surface area (Å²) in [6.07, 6.45) is 5.96. The summed E-state index contributed by atoms with van der Waals surface area (Å²) < 4.78 is 5.56. The number of hydrogen-bond acceptors (Lipinski definition) is 4. The van der Waals surface area contributed by atoms with Gasteiger partial charge in [-0.15, -0.1) is 6.42 Å². The molecule has 0 spiro atoms. The standard InChI is InChI=1S/C19H25N3O3/c1-3-9-20-18(23)14-21-10-4-11-22(13-12-21)19(24)15-25-17-7-5-16(2)6-8-17/h1,5-8H,4,9-15H2,2H3,(H,20,23). The molecule has 134 valence electrons. The van der Waals surface area contributed by atoms with Crippen LogP contribution in [0.25, 0.3) is 0 Å². The second kappa shape index (κ2) is 9.70. The molecule has 1 heterocycles. The molecule has 2 rings (SSSR count). The van der Waals surface area contributed by atoms with Crippen LogP contribution in [0, 0.1) is 19.3 Å². The number of benzene rings is 1. The SMILES string of the molecule is C#CCNC(=O)CN1CCCN(C(=O)COc2ccc(C)cc2)CC1. The van der Waals surface area contributed by atoms with Gasteiger partial charge in [0, 0.05) is 26.2 Å². The quantitative estimate of drug-likeness (QED) is 0.771. The smallest absolute Gasteiger partial charge is 0.260 e. The first-order valence-electron chi connectivity index (χ1n) is 8.48. The summed E-state index contributed by atoms with van der Waals surface area (Å²) in [4.78, 5) is 27.9. The summed E-state index contributed by atoms with van der Waals surface area (Å²) in [6.45, 7) is 5.32. The number of ether oxygens (including phenoxy) is 1. The van der Waals surface area contributed by atoms with E-state index < -0.39 is 0 Å². The second-order valence-electron chi connectivity index (χ2n) is 6.09. The zero-order valence-electron chi connectivity index (χ0n) is 14.7. The molecule has 0 aromatic heterocycles. The maximum Gasteiger partial charge on any atom is 0.260 e. The molecule has 1 aliphatic heterocycles. The Bertz CT molecular complexity index is 622. The molecular weight excluding hydrogens is 318 g/mol. The van der Waals surface area contributed by atoms with Gasteiger partial charge in [0.15, 0.2) is 6.61 Å². The summed E-state index contributed by atoms with van der Waals surface area (Å²) in [5, 5.41) is 2.66. The van der Waals surface area contributed by atoms with Crippen molar-refractivity contribution < 1.29 is 14.3 Å². The van der Waals surface area contributed by atoms with Crippen molar-refractivity contribution in [3.05, 3.63) is 29.8 Å². The monoisotopic (exact) mass is 343 g/mol. The van der Waals surface area contributed by atoms with Crippen molar-refractivity contribution in [2.75, 3.05) is 45.9 Å². The van der Waals surface area contributed by atoms with Crippen LogP contribution in [-0.2, 0) is 9.59 Å². The van der Waals surface area contributed by atoms with E-state index in [0.29, 0.717) is 31.9 Å². The molecule has 1 saturated heterocycles. The Labute approximate surface area is 149 Å². The molecule has 0 aliphatic carbocycles. The predicted octanol–water partition coefficient (Wildman–Crippen LogP) is 0.658. The van der Waals surface area contributed by atoms with Crippen molar-refractivity contribution in [3.8, 4) is 18.1 Å². The number of terminal acetylenes is 1. The van der Waals surface area contributed by atoms with Gasteiger partial charge in [-0.1, -0.05) is 23.6 Å². The van der Waals surface area contributed by atoms with Gasteiger partial charge >= 0.3 is 0 Å². The number of nitrogens with zero attached hydrogens (tertiary/aromatic N) is 2. The van der Waals surface area contributed by atoms with Crippen LogP contribution in [0.5, 0.6) is 5.75 Å². The first-order chi connectivity index (χ1) is 12.1. The highest BCUT2D eigenvalue weighted by molar-refractivity contribution is 5.78. The fourth-order valence-corrected chi connectivity index (χ4v) is 2.66. The molecule has 0 atom stereocenters. The summed E-state index contributed by atoms with van der Waals surface area (Å²) in [6, 6.07) is 7.63. The first-order valence-corrected chi connectivity index (χ1v) is 8.48. The third-order valence-corrected chi connectivity index (χ3v) is 4.08. The lowest BCUT2D eigenvalue weighted by Crippen LogP contribution is -2.41. The minimum Gasteiger partial charge on any atom is -0.484 e. The van der Waals surface area contributed by atoms with Gasteiger partial charge in [0.05, 0.1) is 13.1 Å². The van der Waals surface area contributed by atoms with Crippen LogP contribution in [0.2, 0.25) is 0 Å². The van der Waals surface area contributed by atoms with E-state index in [0.717, 1.165) is 18.5 Å². The van der Waals surface area contributed by atoms with Crippen LogP contribution >= 0.6 is 0 Å². The van der Waals surface area contributed by atoms with Crippen LogP contribution in [0.15, 0.2) is 24.3 Å². The molecule has 1 N–H and O–H groups in total. The van der Waals surface area contributed by atoms with E-state index in [1.165, 1.54) is 0 Å². The van der Waals surface area contributed by atoms with Crippen LogP contribution in [-0.4, -0.2) is 67.5 Å². The third kappa shape index (κ3) is 6.48. The number of nitrogens with one attached hydrogen (secondary N) is 1. The van der Waals surface area contributed by atoms with Crippen molar-refractivity contribution in [1.82, 2.24) is 15.1 Å². The number of aryl methyl sites for hydroxylation is 1. The Kier molecular flexibility index (Phi) is 7.30. The second-order valence-corrected chi connectivity index (χ2v) is 6.09. The molecule has 25 heavy (non-hydrogen) atoms. The average Bonchev–Trinajstić information content (AvgIpc) is 2.85. The zero-order chi connectivity index (χ0) is 18.1. The van der Waals surface area contributed by atoms with Crippen molar-refractivity contribution in [1.29, 1.82) is 0 Å². The van der Waals surface area contributed by atoms with Crippen molar-refractivity contribution in [2.45, 2.75) is 13.3 Å². The number of carbonyl (C=O) groups excluding carboxylic acids is 2. The highest BCUT2D eigenvalue weighted by Gasteiger charge is 2.20. The predicted molar refractivity (Wildman–Crippen MR) is 96.2 cm³/mol. The molecule has 6 nitrogen and oxygen atoms in total. The third-order valence-electron chi connectivity index (χ3n) is 4.08. The fraction of sp³-hybridized carbons (Fsp3) is 0.474. The fourth-order valence-electron chi connectivity index (χ4n) is 2.66. The Hall–Kier alpha value is -2.52. The minimum absolute atomic E-state index is 0.0285. The number of carbonyl (C=O) groups is 2. The molecule has 0 bridgehead atoms. The maximum atomic E-state index is 12.3.